The van der Waals surface area contributed by atoms with Crippen molar-refractivity contribution in [3.8, 4) is 0 Å². The number of thiophene rings is 1. The lowest BCUT2D eigenvalue weighted by Crippen LogP contribution is -2.21. The molecule has 0 spiro atoms. The fraction of sp³-hybridized carbons (Fsp3) is 0. The van der Waals surface area contributed by atoms with Crippen molar-refractivity contribution in [2.24, 2.45) is 0 Å². The van der Waals surface area contributed by atoms with Crippen LogP contribution < -0.4 is 5.32 Å². The predicted molar refractivity (Wildman–Crippen MR) is 50.5 cm³/mol. The van der Waals surface area contributed by atoms with E-state index in [-0.39, 0.29) is 11.8 Å². The highest BCUT2D eigenvalue weighted by atomic mass is 35.5. The third-order valence-corrected chi connectivity index (χ3v) is 2.86. The van der Waals surface area contributed by atoms with Crippen LogP contribution in [-0.4, -0.2) is 11.8 Å². The smallest absolute Gasteiger partial charge is 0.259 e. The number of carbonyl (C=O) groups excluding carboxylic acids is 2. The van der Waals surface area contributed by atoms with Crippen LogP contribution in [0.2, 0.25) is 4.34 Å². The number of hydrogen-bond acceptors (Lipinski definition) is 3. The first-order chi connectivity index (χ1) is 6.16. The highest BCUT2D eigenvalue weighted by Crippen LogP contribution is 2.28. The van der Waals surface area contributed by atoms with Crippen LogP contribution in [0.1, 0.15) is 4.88 Å². The van der Waals surface area contributed by atoms with Gasteiger partial charge in [0.25, 0.3) is 11.8 Å². The van der Waals surface area contributed by atoms with Crippen molar-refractivity contribution < 1.29 is 9.59 Å². The lowest BCUT2D eigenvalue weighted by Gasteiger charge is -1.92. The molecule has 13 heavy (non-hydrogen) atoms. The van der Waals surface area contributed by atoms with Gasteiger partial charge in [0.2, 0.25) is 0 Å². The van der Waals surface area contributed by atoms with Gasteiger partial charge in [0.1, 0.15) is 0 Å². The quantitative estimate of drug-likeness (QED) is 0.718. The highest BCUT2D eigenvalue weighted by Gasteiger charge is 2.22. The van der Waals surface area contributed by atoms with Gasteiger partial charge in [0.15, 0.2) is 0 Å². The summed E-state index contributed by atoms with van der Waals surface area (Å²) in [4.78, 5) is 22.7. The minimum Gasteiger partial charge on any atom is -0.289 e. The average molecular weight is 214 g/mol. The van der Waals surface area contributed by atoms with Gasteiger partial charge in [-0.15, -0.1) is 11.3 Å². The molecule has 0 aliphatic carbocycles. The number of imide groups is 1. The third kappa shape index (κ3) is 1.50. The minimum atomic E-state index is -0.371. The first-order valence-corrected chi connectivity index (χ1v) is 4.69. The fourth-order valence-corrected chi connectivity index (χ4v) is 2.11. The molecule has 66 valence electrons. The summed E-state index contributed by atoms with van der Waals surface area (Å²) in [5.74, 6) is -0.729. The molecule has 0 saturated carbocycles. The predicted octanol–water partition coefficient (Wildman–Crippen LogP) is 1.44. The highest BCUT2D eigenvalue weighted by molar-refractivity contribution is 7.17. The Kier molecular flexibility index (Phi) is 1.94. The molecule has 1 aliphatic heterocycles. The van der Waals surface area contributed by atoms with Crippen LogP contribution in [0.3, 0.4) is 0 Å². The summed E-state index contributed by atoms with van der Waals surface area (Å²) in [6.45, 7) is 0. The lowest BCUT2D eigenvalue weighted by molar-refractivity contribution is -0.123. The Morgan fingerprint density at radius 3 is 2.54 bits per heavy atom. The van der Waals surface area contributed by atoms with E-state index in [1.807, 2.05) is 0 Å². The molecule has 0 radical (unpaired) electrons. The standard InChI is InChI=1S/C8H4ClNO2S/c9-6-2-1-5(13-6)4-3-7(11)10-8(4)12/h1-3H,(H,10,11,12). The molecule has 5 heteroatoms. The monoisotopic (exact) mass is 213 g/mol. The maximum Gasteiger partial charge on any atom is 0.259 e. The van der Waals surface area contributed by atoms with E-state index in [1.165, 1.54) is 17.4 Å². The van der Waals surface area contributed by atoms with Gasteiger partial charge in [-0.3, -0.25) is 14.9 Å². The van der Waals surface area contributed by atoms with Gasteiger partial charge in [-0.2, -0.15) is 0 Å². The number of halogens is 1. The molecule has 2 heterocycles. The molecule has 1 aliphatic rings. The summed E-state index contributed by atoms with van der Waals surface area (Å²) in [5.41, 5.74) is 0.391. The van der Waals surface area contributed by atoms with Crippen molar-refractivity contribution in [2.45, 2.75) is 0 Å². The van der Waals surface area contributed by atoms with Crippen molar-refractivity contribution in [1.29, 1.82) is 0 Å². The molecule has 0 aromatic carbocycles. The van der Waals surface area contributed by atoms with Crippen molar-refractivity contribution in [1.82, 2.24) is 5.32 Å². The molecule has 0 atom stereocenters. The van der Waals surface area contributed by atoms with Gasteiger partial charge >= 0.3 is 0 Å². The van der Waals surface area contributed by atoms with E-state index in [1.54, 1.807) is 12.1 Å². The molecule has 2 amide bonds. The average Bonchev–Trinajstić information content (AvgIpc) is 2.58. The first-order valence-electron chi connectivity index (χ1n) is 3.49. The summed E-state index contributed by atoms with van der Waals surface area (Å²) < 4.78 is 0.600. The number of rotatable bonds is 1. The van der Waals surface area contributed by atoms with Gasteiger partial charge in [0, 0.05) is 11.0 Å². The van der Waals surface area contributed by atoms with Gasteiger partial charge < -0.3 is 0 Å². The molecule has 0 fully saturated rings. The van der Waals surface area contributed by atoms with Crippen LogP contribution in [0.15, 0.2) is 18.2 Å². The Balaban J connectivity index is 2.42. The summed E-state index contributed by atoms with van der Waals surface area (Å²) in [7, 11) is 0. The molecular weight excluding hydrogens is 210 g/mol. The zero-order valence-electron chi connectivity index (χ0n) is 6.33. The normalized spacial score (nSPS) is 15.9. The van der Waals surface area contributed by atoms with Crippen LogP contribution >= 0.6 is 22.9 Å². The summed E-state index contributed by atoms with van der Waals surface area (Å²) in [6.07, 6.45) is 1.28. The molecule has 1 aromatic rings. The van der Waals surface area contributed by atoms with E-state index >= 15 is 0 Å². The molecule has 1 aromatic heterocycles. The first kappa shape index (κ1) is 8.47. The van der Waals surface area contributed by atoms with Crippen LogP contribution in [0.25, 0.3) is 5.57 Å². The molecule has 3 nitrogen and oxygen atoms in total. The van der Waals surface area contributed by atoms with Gasteiger partial charge in [-0.1, -0.05) is 11.6 Å². The SMILES string of the molecule is O=C1C=C(c2ccc(Cl)s2)C(=O)N1. The van der Waals surface area contributed by atoms with Crippen LogP contribution in [-0.2, 0) is 9.59 Å². The topological polar surface area (TPSA) is 46.2 Å². The van der Waals surface area contributed by atoms with E-state index in [0.29, 0.717) is 14.8 Å². The molecule has 0 saturated heterocycles. The zero-order chi connectivity index (χ0) is 9.42. The van der Waals surface area contributed by atoms with Crippen molar-refractivity contribution in [3.05, 3.63) is 27.4 Å². The van der Waals surface area contributed by atoms with E-state index in [9.17, 15) is 9.59 Å². The van der Waals surface area contributed by atoms with E-state index in [4.69, 9.17) is 11.6 Å². The number of amides is 2. The Labute approximate surface area is 83.0 Å². The molecule has 0 unspecified atom stereocenters. The van der Waals surface area contributed by atoms with Crippen LogP contribution in [0, 0.1) is 0 Å². The largest absolute Gasteiger partial charge is 0.289 e. The van der Waals surface area contributed by atoms with E-state index in [2.05, 4.69) is 5.32 Å². The van der Waals surface area contributed by atoms with Crippen molar-refractivity contribution >= 4 is 40.3 Å². The van der Waals surface area contributed by atoms with Crippen molar-refractivity contribution in [3.63, 3.8) is 0 Å². The van der Waals surface area contributed by atoms with E-state index in [0.717, 1.165) is 0 Å². The lowest BCUT2D eigenvalue weighted by atomic mass is 10.2. The molecule has 0 bridgehead atoms. The zero-order valence-corrected chi connectivity index (χ0v) is 7.91. The second kappa shape index (κ2) is 2.97. The molecule has 2 rings (SSSR count). The second-order valence-electron chi connectivity index (χ2n) is 2.48. The number of hydrogen-bond donors (Lipinski definition) is 1. The van der Waals surface area contributed by atoms with Gasteiger partial charge in [-0.25, -0.2) is 0 Å². The van der Waals surface area contributed by atoms with Crippen molar-refractivity contribution in [2.75, 3.05) is 0 Å². The Bertz CT molecular complexity index is 422. The minimum absolute atomic E-state index is 0.358. The maximum atomic E-state index is 11.2. The Morgan fingerprint density at radius 1 is 1.31 bits per heavy atom. The van der Waals surface area contributed by atoms with E-state index < -0.39 is 0 Å². The molecular formula is C8H4ClNO2S. The summed E-state index contributed by atoms with van der Waals surface area (Å²) in [6, 6.07) is 3.41. The summed E-state index contributed by atoms with van der Waals surface area (Å²) in [5, 5.41) is 2.17. The second-order valence-corrected chi connectivity index (χ2v) is 4.20. The van der Waals surface area contributed by atoms with Gasteiger partial charge in [0.05, 0.1) is 9.91 Å². The van der Waals surface area contributed by atoms with Gasteiger partial charge in [-0.05, 0) is 12.1 Å². The third-order valence-electron chi connectivity index (χ3n) is 1.60. The fourth-order valence-electron chi connectivity index (χ4n) is 1.05. The number of carbonyl (C=O) groups is 2. The summed E-state index contributed by atoms with van der Waals surface area (Å²) >= 11 is 6.97. The number of nitrogens with one attached hydrogen (secondary N) is 1. The Morgan fingerprint density at radius 2 is 2.08 bits per heavy atom. The van der Waals surface area contributed by atoms with Crippen LogP contribution in [0.4, 0.5) is 0 Å². The maximum absolute atomic E-state index is 11.2. The molecule has 1 N–H and O–H groups in total. The Hall–Kier alpha value is -1.13. The van der Waals surface area contributed by atoms with Crippen LogP contribution in [0.5, 0.6) is 0 Å².